The molecule has 0 radical (unpaired) electrons. The van der Waals surface area contributed by atoms with Crippen molar-refractivity contribution < 1.29 is 24.9 Å². The first-order chi connectivity index (χ1) is 22.1. The average Bonchev–Trinajstić information content (AvgIpc) is 3.40. The van der Waals surface area contributed by atoms with Crippen molar-refractivity contribution >= 4 is 6.09 Å². The molecule has 0 saturated heterocycles. The smallest absolute Gasteiger partial charge is 0.410 e. The molecule has 6 nitrogen and oxygen atoms in total. The number of rotatable bonds is 14. The zero-order chi connectivity index (χ0) is 32.9. The number of nitrogens with zero attached hydrogens (tertiary/aromatic N) is 1. The second-order valence-electron chi connectivity index (χ2n) is 16.4. The molecule has 1 aromatic carbocycles. The van der Waals surface area contributed by atoms with E-state index in [1.165, 1.54) is 25.7 Å². The summed E-state index contributed by atoms with van der Waals surface area (Å²) in [5, 5.41) is 34.0. The molecule has 1 aromatic rings. The zero-order valence-electron chi connectivity index (χ0n) is 29.4. The Morgan fingerprint density at radius 3 is 2.39 bits per heavy atom. The maximum absolute atomic E-state index is 13.2. The quantitative estimate of drug-likeness (QED) is 0.178. The van der Waals surface area contributed by atoms with Gasteiger partial charge in [0.25, 0.3) is 0 Å². The highest BCUT2D eigenvalue weighted by molar-refractivity contribution is 5.67. The van der Waals surface area contributed by atoms with Crippen LogP contribution in [0.1, 0.15) is 130 Å². The van der Waals surface area contributed by atoms with Crippen molar-refractivity contribution in [3.05, 3.63) is 35.9 Å². The van der Waals surface area contributed by atoms with Crippen molar-refractivity contribution in [1.29, 1.82) is 0 Å². The van der Waals surface area contributed by atoms with E-state index in [0.29, 0.717) is 42.7 Å². The van der Waals surface area contributed by atoms with E-state index < -0.39 is 0 Å². The number of ether oxygens (including phenoxy) is 1. The van der Waals surface area contributed by atoms with E-state index in [-0.39, 0.29) is 41.2 Å². The van der Waals surface area contributed by atoms with Gasteiger partial charge in [0.05, 0.1) is 18.3 Å². The molecule has 0 bridgehead atoms. The number of unbranched alkanes of at least 4 members (excludes halogenated alkanes) is 5. The number of carbonyl (C=O) groups is 1. The largest absolute Gasteiger partial charge is 0.445 e. The molecule has 4 aliphatic carbocycles. The topological polar surface area (TPSA) is 90.2 Å². The Labute approximate surface area is 279 Å². The molecule has 4 fully saturated rings. The van der Waals surface area contributed by atoms with Crippen molar-refractivity contribution in [2.75, 3.05) is 13.1 Å². The highest BCUT2D eigenvalue weighted by Gasteiger charge is 2.65. The molecule has 3 N–H and O–H groups in total. The van der Waals surface area contributed by atoms with E-state index in [9.17, 15) is 20.1 Å². The van der Waals surface area contributed by atoms with E-state index in [4.69, 9.17) is 4.74 Å². The van der Waals surface area contributed by atoms with Crippen LogP contribution in [0.15, 0.2) is 30.3 Å². The number of aliphatic hydroxyl groups excluding tert-OH is 3. The molecule has 4 aliphatic rings. The summed E-state index contributed by atoms with van der Waals surface area (Å²) in [7, 11) is 0. The molecule has 1 amide bonds. The minimum atomic E-state index is -0.361. The Morgan fingerprint density at radius 2 is 1.63 bits per heavy atom. The lowest BCUT2D eigenvalue weighted by Gasteiger charge is -2.63. The molecule has 6 heteroatoms. The van der Waals surface area contributed by atoms with E-state index in [1.54, 1.807) is 0 Å². The highest BCUT2D eigenvalue weighted by Crippen LogP contribution is 2.68. The lowest BCUT2D eigenvalue weighted by Crippen LogP contribution is -2.62. The van der Waals surface area contributed by atoms with Gasteiger partial charge in [-0.1, -0.05) is 90.1 Å². The molecule has 3 unspecified atom stereocenters. The summed E-state index contributed by atoms with van der Waals surface area (Å²) in [5.74, 6) is 2.11. The summed E-state index contributed by atoms with van der Waals surface area (Å²) < 4.78 is 5.77. The van der Waals surface area contributed by atoms with Crippen LogP contribution in [0.25, 0.3) is 0 Å². The molecule has 260 valence electrons. The molecule has 0 heterocycles. The number of benzene rings is 1. The van der Waals surface area contributed by atoms with Crippen LogP contribution >= 0.6 is 0 Å². The Kier molecular flexibility index (Phi) is 12.2. The van der Waals surface area contributed by atoms with Gasteiger partial charge in [0.15, 0.2) is 0 Å². The van der Waals surface area contributed by atoms with Gasteiger partial charge in [-0.25, -0.2) is 4.79 Å². The van der Waals surface area contributed by atoms with Crippen molar-refractivity contribution in [2.24, 2.45) is 46.3 Å². The maximum atomic E-state index is 13.2. The normalized spacial score (nSPS) is 37.5. The minimum absolute atomic E-state index is 0.101. The fraction of sp³-hybridized carbons (Fsp3) is 0.825. The highest BCUT2D eigenvalue weighted by atomic mass is 16.6. The number of carbonyl (C=O) groups excluding carboxylic acids is 1. The van der Waals surface area contributed by atoms with Crippen LogP contribution in [-0.2, 0) is 11.3 Å². The van der Waals surface area contributed by atoms with Crippen LogP contribution in [0.3, 0.4) is 0 Å². The minimum Gasteiger partial charge on any atom is -0.445 e. The van der Waals surface area contributed by atoms with Crippen molar-refractivity contribution in [1.82, 2.24) is 4.90 Å². The van der Waals surface area contributed by atoms with Crippen molar-refractivity contribution in [3.8, 4) is 0 Å². The molecule has 46 heavy (non-hydrogen) atoms. The van der Waals surface area contributed by atoms with Crippen molar-refractivity contribution in [2.45, 2.75) is 149 Å². The Hall–Kier alpha value is -1.63. The van der Waals surface area contributed by atoms with Gasteiger partial charge in [-0.3, -0.25) is 0 Å². The van der Waals surface area contributed by atoms with Gasteiger partial charge in [0.2, 0.25) is 0 Å². The van der Waals surface area contributed by atoms with Crippen molar-refractivity contribution in [3.63, 3.8) is 0 Å². The van der Waals surface area contributed by atoms with E-state index in [0.717, 1.165) is 82.7 Å². The van der Waals surface area contributed by atoms with Crippen LogP contribution in [0.4, 0.5) is 4.79 Å². The summed E-state index contributed by atoms with van der Waals surface area (Å²) in [6.45, 7) is 11.1. The third-order valence-electron chi connectivity index (χ3n) is 13.9. The first-order valence-corrected chi connectivity index (χ1v) is 19.1. The number of hydrogen-bond acceptors (Lipinski definition) is 5. The average molecular weight is 640 g/mol. The molecule has 0 aliphatic heterocycles. The lowest BCUT2D eigenvalue weighted by atomic mass is 9.43. The van der Waals surface area contributed by atoms with Crippen LogP contribution in [0.2, 0.25) is 0 Å². The van der Waals surface area contributed by atoms with Gasteiger partial charge in [-0.15, -0.1) is 0 Å². The molecule has 4 saturated carbocycles. The van der Waals surface area contributed by atoms with Gasteiger partial charge in [0.1, 0.15) is 6.61 Å². The Balaban J connectivity index is 1.19. The van der Waals surface area contributed by atoms with Crippen LogP contribution < -0.4 is 0 Å². The fourth-order valence-corrected chi connectivity index (χ4v) is 11.1. The molecule has 11 atom stereocenters. The summed E-state index contributed by atoms with van der Waals surface area (Å²) in [4.78, 5) is 15.2. The summed E-state index contributed by atoms with van der Waals surface area (Å²) in [6, 6.07) is 9.92. The van der Waals surface area contributed by atoms with E-state index >= 15 is 0 Å². The van der Waals surface area contributed by atoms with Crippen LogP contribution in [-0.4, -0.2) is 57.7 Å². The molecule has 5 rings (SSSR count). The number of amides is 1. The Bertz CT molecular complexity index is 1100. The lowest BCUT2D eigenvalue weighted by molar-refractivity contribution is -0.207. The van der Waals surface area contributed by atoms with E-state index in [2.05, 4.69) is 27.7 Å². The molecular weight excluding hydrogens is 574 g/mol. The van der Waals surface area contributed by atoms with Gasteiger partial charge in [-0.05, 0) is 116 Å². The molecule has 0 aromatic heterocycles. The van der Waals surface area contributed by atoms with Gasteiger partial charge in [0, 0.05) is 13.1 Å². The third-order valence-corrected chi connectivity index (χ3v) is 13.9. The van der Waals surface area contributed by atoms with Gasteiger partial charge < -0.3 is 25.0 Å². The molecule has 0 spiro atoms. The summed E-state index contributed by atoms with van der Waals surface area (Å²) in [6.07, 6.45) is 14.4. The maximum Gasteiger partial charge on any atom is 0.410 e. The number of hydrogen-bond donors (Lipinski definition) is 3. The van der Waals surface area contributed by atoms with Crippen LogP contribution in [0.5, 0.6) is 0 Å². The zero-order valence-corrected chi connectivity index (χ0v) is 29.4. The molecular formula is C40H65NO5. The predicted molar refractivity (Wildman–Crippen MR) is 184 cm³/mol. The SMILES string of the molecule is CCCCCCCCN(CCCC(C)[C@H]1CC[C@H]2C3C(O)C[C@@H]4C[C@H](O)CC[C@]4(C)[C@H]3C[C@H](O)[C@]12C)C(=O)OCc1ccccc1. The second-order valence-corrected chi connectivity index (χ2v) is 16.4. The Morgan fingerprint density at radius 1 is 0.913 bits per heavy atom. The van der Waals surface area contributed by atoms with Gasteiger partial charge >= 0.3 is 6.09 Å². The summed E-state index contributed by atoms with van der Waals surface area (Å²) >= 11 is 0. The van der Waals surface area contributed by atoms with Gasteiger partial charge in [-0.2, -0.15) is 0 Å². The third kappa shape index (κ3) is 7.49. The summed E-state index contributed by atoms with van der Waals surface area (Å²) in [5.41, 5.74) is 0.921. The standard InChI is InChI=1S/C40H65NO5/c1-5-6-7-8-9-13-22-41(38(45)46-27-29-16-11-10-12-17-29)23-14-15-28(2)32-18-19-33-37-34(26-36(44)40(32,33)4)39(3)21-20-31(42)24-30(39)25-35(37)43/h10-12,16-17,28,30-37,42-44H,5-9,13-15,18-27H2,1-4H3/t28?,30-,31+,32+,33-,34-,35?,36-,37?,39-,40+/m0/s1. The number of aliphatic hydroxyl groups is 3. The number of fused-ring (bicyclic) bond motifs is 5. The first kappa shape index (κ1) is 35.7. The first-order valence-electron chi connectivity index (χ1n) is 19.1. The monoisotopic (exact) mass is 639 g/mol. The second kappa shape index (κ2) is 15.7. The predicted octanol–water partition coefficient (Wildman–Crippen LogP) is 8.36. The fourth-order valence-electron chi connectivity index (χ4n) is 11.1. The van der Waals surface area contributed by atoms with Crippen LogP contribution in [0, 0.1) is 46.3 Å². The van der Waals surface area contributed by atoms with E-state index in [1.807, 2.05) is 35.2 Å².